The molecule has 3 atom stereocenters. The van der Waals surface area contributed by atoms with Gasteiger partial charge in [0.2, 0.25) is 11.8 Å². The average molecular weight is 694 g/mol. The van der Waals surface area contributed by atoms with Crippen molar-refractivity contribution in [3.8, 4) is 11.1 Å². The Morgan fingerprint density at radius 1 is 0.922 bits per heavy atom. The molecule has 10 heteroatoms. The maximum Gasteiger partial charge on any atom is 0.407 e. The number of allylic oxidation sites excluding steroid dienone is 2. The number of nitrogens with one attached hydrogen (secondary N) is 3. The van der Waals surface area contributed by atoms with Gasteiger partial charge in [-0.25, -0.2) is 9.59 Å². The highest BCUT2D eigenvalue weighted by Crippen LogP contribution is 2.44. The molecule has 3 aromatic rings. The minimum Gasteiger partial charge on any atom is -0.462 e. The first-order chi connectivity index (χ1) is 24.8. The highest BCUT2D eigenvalue weighted by Gasteiger charge is 2.39. The minimum absolute atomic E-state index is 0.0313. The number of carbonyl (C=O) groups excluding carboxylic acids is 4. The fourth-order valence-electron chi connectivity index (χ4n) is 7.56. The van der Waals surface area contributed by atoms with Crippen LogP contribution in [0, 0.1) is 5.92 Å². The highest BCUT2D eigenvalue weighted by molar-refractivity contribution is 5.87. The van der Waals surface area contributed by atoms with Crippen LogP contribution < -0.4 is 16.0 Å². The van der Waals surface area contributed by atoms with Crippen LogP contribution in [0.25, 0.3) is 11.1 Å². The monoisotopic (exact) mass is 693 g/mol. The van der Waals surface area contributed by atoms with Gasteiger partial charge >= 0.3 is 12.1 Å². The summed E-state index contributed by atoms with van der Waals surface area (Å²) >= 11 is 0. The van der Waals surface area contributed by atoms with Gasteiger partial charge in [0.1, 0.15) is 19.3 Å². The lowest BCUT2D eigenvalue weighted by atomic mass is 9.94. The normalized spacial score (nSPS) is 20.8. The van der Waals surface area contributed by atoms with Crippen LogP contribution in [-0.2, 0) is 30.3 Å². The van der Waals surface area contributed by atoms with Crippen molar-refractivity contribution >= 4 is 23.9 Å². The lowest BCUT2D eigenvalue weighted by molar-refractivity contribution is -0.149. The molecule has 268 valence electrons. The van der Waals surface area contributed by atoms with E-state index in [0.717, 1.165) is 40.7 Å². The van der Waals surface area contributed by atoms with Crippen LogP contribution >= 0.6 is 0 Å². The third-order valence-corrected chi connectivity index (χ3v) is 10.3. The predicted molar refractivity (Wildman–Crippen MR) is 193 cm³/mol. The van der Waals surface area contributed by atoms with Crippen molar-refractivity contribution in [1.82, 2.24) is 16.0 Å². The highest BCUT2D eigenvalue weighted by atomic mass is 16.6. The van der Waals surface area contributed by atoms with Crippen LogP contribution in [0.15, 0.2) is 91.0 Å². The number of hydrogen-bond acceptors (Lipinski definition) is 7. The second-order valence-electron chi connectivity index (χ2n) is 13.9. The van der Waals surface area contributed by atoms with E-state index in [2.05, 4.69) is 28.1 Å². The maximum atomic E-state index is 13.7. The van der Waals surface area contributed by atoms with Crippen molar-refractivity contribution < 1.29 is 33.8 Å². The Bertz CT molecular complexity index is 1670. The summed E-state index contributed by atoms with van der Waals surface area (Å²) in [4.78, 5) is 53.4. The molecule has 51 heavy (non-hydrogen) atoms. The van der Waals surface area contributed by atoms with Crippen LogP contribution in [0.3, 0.4) is 0 Å². The molecule has 3 aromatic carbocycles. The van der Waals surface area contributed by atoms with E-state index in [4.69, 9.17) is 9.47 Å². The van der Waals surface area contributed by atoms with Crippen LogP contribution in [0.2, 0.25) is 0 Å². The molecule has 1 fully saturated rings. The van der Waals surface area contributed by atoms with Crippen molar-refractivity contribution in [2.75, 3.05) is 19.8 Å². The number of aliphatic hydroxyl groups excluding tert-OH is 1. The van der Waals surface area contributed by atoms with Gasteiger partial charge in [-0.15, -0.1) is 0 Å². The number of amides is 3. The quantitative estimate of drug-likeness (QED) is 0.175. The lowest BCUT2D eigenvalue weighted by Gasteiger charge is -2.32. The number of aliphatic hydroxyl groups is 1. The van der Waals surface area contributed by atoms with Crippen LogP contribution in [-0.4, -0.2) is 66.4 Å². The van der Waals surface area contributed by atoms with E-state index in [1.165, 1.54) is 0 Å². The Labute approximate surface area is 299 Å². The van der Waals surface area contributed by atoms with E-state index < -0.39 is 35.6 Å². The maximum absolute atomic E-state index is 13.7. The molecule has 4 N–H and O–H groups in total. The third kappa shape index (κ3) is 9.05. The SMILES string of the molecule is O=C(C[C@H]1CC=CCC[C@H](NC(=O)OCC2c3ccccc3-c3ccccc32)C(=O)OCC2(CCCC2)NC1=O)N[C@@H](CO)Cc1ccccc1. The predicted octanol–water partition coefficient (Wildman–Crippen LogP) is 5.33. The number of rotatable bonds is 9. The standard InChI is InChI=1S/C41H47N3O7/c45-25-30(23-28-13-3-1-4-14-28)42-37(46)24-29-15-5-2-6-20-36(39(48)51-27-41(44-38(29)47)21-11-12-22-41)43-40(49)50-26-35-33-18-9-7-16-31(33)32-17-8-10-19-34(32)35/h1-5,7-10,13-14,16-19,29-30,35-36,45H,6,11-12,15,20-27H2,(H,42,46)(H,43,49)(H,44,47)/t29-,30-,36+/m1/s1. The average Bonchev–Trinajstić information content (AvgIpc) is 3.74. The van der Waals surface area contributed by atoms with Crippen molar-refractivity contribution in [3.05, 3.63) is 108 Å². The molecule has 3 aliphatic rings. The van der Waals surface area contributed by atoms with E-state index in [-0.39, 0.29) is 50.4 Å². The number of esters is 1. The number of cyclic esters (lactones) is 1. The molecule has 2 aliphatic carbocycles. The molecule has 10 nitrogen and oxygen atoms in total. The number of fused-ring (bicyclic) bond motifs is 3. The Morgan fingerprint density at radius 3 is 2.27 bits per heavy atom. The number of benzene rings is 3. The Balaban J connectivity index is 1.09. The van der Waals surface area contributed by atoms with Gasteiger partial charge in [-0.05, 0) is 66.3 Å². The van der Waals surface area contributed by atoms with Gasteiger partial charge in [0.25, 0.3) is 0 Å². The summed E-state index contributed by atoms with van der Waals surface area (Å²) in [5.41, 5.74) is 4.68. The minimum atomic E-state index is -0.943. The van der Waals surface area contributed by atoms with E-state index in [9.17, 15) is 24.3 Å². The van der Waals surface area contributed by atoms with E-state index >= 15 is 0 Å². The van der Waals surface area contributed by atoms with Crippen molar-refractivity contribution in [3.63, 3.8) is 0 Å². The second kappa shape index (κ2) is 16.8. The van der Waals surface area contributed by atoms with Crippen LogP contribution in [0.1, 0.15) is 74.0 Å². The molecule has 1 spiro atoms. The molecule has 0 radical (unpaired) electrons. The summed E-state index contributed by atoms with van der Waals surface area (Å²) < 4.78 is 11.5. The van der Waals surface area contributed by atoms with E-state index in [1.54, 1.807) is 0 Å². The van der Waals surface area contributed by atoms with Gasteiger partial charge in [0, 0.05) is 12.3 Å². The molecule has 0 saturated heterocycles. The molecule has 0 bridgehead atoms. The van der Waals surface area contributed by atoms with Gasteiger partial charge in [0.15, 0.2) is 0 Å². The van der Waals surface area contributed by atoms with Crippen molar-refractivity contribution in [1.29, 1.82) is 0 Å². The molecule has 6 rings (SSSR count). The van der Waals surface area contributed by atoms with Crippen LogP contribution in [0.4, 0.5) is 4.79 Å². The number of ether oxygens (including phenoxy) is 2. The molecule has 3 amide bonds. The fourth-order valence-corrected chi connectivity index (χ4v) is 7.56. The largest absolute Gasteiger partial charge is 0.462 e. The zero-order valence-electron chi connectivity index (χ0n) is 28.9. The molecular formula is C41H47N3O7. The Hall–Kier alpha value is -4.96. The Morgan fingerprint density at radius 2 is 1.59 bits per heavy atom. The van der Waals surface area contributed by atoms with Gasteiger partial charge in [0.05, 0.1) is 24.1 Å². The summed E-state index contributed by atoms with van der Waals surface area (Å²) in [5, 5.41) is 18.7. The zero-order chi connectivity index (χ0) is 35.6. The second-order valence-corrected chi connectivity index (χ2v) is 13.9. The molecular weight excluding hydrogens is 646 g/mol. The van der Waals surface area contributed by atoms with E-state index in [0.29, 0.717) is 32.1 Å². The lowest BCUT2D eigenvalue weighted by Crippen LogP contribution is -2.53. The number of hydrogen-bond donors (Lipinski definition) is 4. The summed E-state index contributed by atoms with van der Waals surface area (Å²) in [5.74, 6) is -1.94. The zero-order valence-corrected chi connectivity index (χ0v) is 28.9. The summed E-state index contributed by atoms with van der Waals surface area (Å²) in [6.07, 6.45) is 7.44. The van der Waals surface area contributed by atoms with E-state index in [1.807, 2.05) is 78.9 Å². The van der Waals surface area contributed by atoms with Crippen LogP contribution in [0.5, 0.6) is 0 Å². The fraction of sp³-hybridized carbons (Fsp3) is 0.415. The molecule has 0 unspecified atom stereocenters. The van der Waals surface area contributed by atoms with Gasteiger partial charge in [-0.2, -0.15) is 0 Å². The number of alkyl carbamates (subject to hydrolysis) is 1. The first-order valence-electron chi connectivity index (χ1n) is 18.0. The first-order valence-corrected chi connectivity index (χ1v) is 18.0. The summed E-state index contributed by atoms with van der Waals surface area (Å²) in [6.45, 7) is -0.134. The van der Waals surface area contributed by atoms with Crippen molar-refractivity contribution in [2.45, 2.75) is 81.3 Å². The summed E-state index contributed by atoms with van der Waals surface area (Å²) in [6, 6.07) is 24.4. The third-order valence-electron chi connectivity index (χ3n) is 10.3. The molecule has 1 heterocycles. The smallest absolute Gasteiger partial charge is 0.407 e. The first kappa shape index (κ1) is 35.9. The molecule has 0 aromatic heterocycles. The molecule has 1 saturated carbocycles. The van der Waals surface area contributed by atoms with Gasteiger partial charge in [-0.3, -0.25) is 9.59 Å². The number of carbonyl (C=O) groups is 4. The topological polar surface area (TPSA) is 143 Å². The van der Waals surface area contributed by atoms with Crippen molar-refractivity contribution in [2.24, 2.45) is 5.92 Å². The van der Waals surface area contributed by atoms with Gasteiger partial charge < -0.3 is 30.5 Å². The summed E-state index contributed by atoms with van der Waals surface area (Å²) in [7, 11) is 0. The van der Waals surface area contributed by atoms with Gasteiger partial charge in [-0.1, -0.05) is 104 Å². The Kier molecular flexibility index (Phi) is 11.8. The molecule has 1 aliphatic heterocycles.